The van der Waals surface area contributed by atoms with Gasteiger partial charge in [-0.15, -0.1) is 0 Å². The van der Waals surface area contributed by atoms with E-state index >= 15 is 0 Å². The van der Waals surface area contributed by atoms with Gasteiger partial charge in [0.15, 0.2) is 5.92 Å². The molecular weight excluding hydrogens is 326 g/mol. The van der Waals surface area contributed by atoms with Crippen molar-refractivity contribution in [3.63, 3.8) is 0 Å². The molecule has 25 heavy (non-hydrogen) atoms. The van der Waals surface area contributed by atoms with E-state index in [4.69, 9.17) is 14.2 Å². The predicted molar refractivity (Wildman–Crippen MR) is 90.4 cm³/mol. The van der Waals surface area contributed by atoms with E-state index in [-0.39, 0.29) is 19.8 Å². The first-order chi connectivity index (χ1) is 12.0. The quantitative estimate of drug-likeness (QED) is 0.454. The van der Waals surface area contributed by atoms with E-state index < -0.39 is 23.9 Å². The molecule has 1 aromatic carbocycles. The fourth-order valence-electron chi connectivity index (χ4n) is 2.58. The molecule has 0 bridgehead atoms. The Hall–Kier alpha value is -2.83. The van der Waals surface area contributed by atoms with Crippen LogP contribution in [0.3, 0.4) is 0 Å². The molecule has 0 fully saturated rings. The average Bonchev–Trinajstić information content (AvgIpc) is 2.95. The van der Waals surface area contributed by atoms with E-state index in [0.29, 0.717) is 16.5 Å². The lowest BCUT2D eigenvalue weighted by Gasteiger charge is -2.13. The van der Waals surface area contributed by atoms with Crippen molar-refractivity contribution in [2.75, 3.05) is 19.8 Å². The summed E-state index contributed by atoms with van der Waals surface area (Å²) in [6.07, 6.45) is 0.845. The minimum atomic E-state index is -1.26. The number of ether oxygens (including phenoxy) is 3. The highest BCUT2D eigenvalue weighted by molar-refractivity contribution is 6.06. The standard InChI is InChI=1S/C18H21NO6/c1-4-23-16(20)15(17(21)24-5-2)13-11-19(18(22)25-6-3)14-10-8-7-9-12(13)14/h7-11,15H,4-6H2,1-3H3. The van der Waals surface area contributed by atoms with E-state index in [1.54, 1.807) is 45.0 Å². The van der Waals surface area contributed by atoms with Gasteiger partial charge in [0.2, 0.25) is 0 Å². The van der Waals surface area contributed by atoms with Crippen molar-refractivity contribution < 1.29 is 28.6 Å². The molecule has 1 aromatic heterocycles. The van der Waals surface area contributed by atoms with Crippen LogP contribution in [0.1, 0.15) is 32.3 Å². The van der Waals surface area contributed by atoms with Crippen LogP contribution < -0.4 is 0 Å². The summed E-state index contributed by atoms with van der Waals surface area (Å²) in [5.41, 5.74) is 0.884. The molecule has 0 N–H and O–H groups in total. The van der Waals surface area contributed by atoms with Crippen molar-refractivity contribution in [3.05, 3.63) is 36.0 Å². The van der Waals surface area contributed by atoms with Gasteiger partial charge in [0.25, 0.3) is 0 Å². The smallest absolute Gasteiger partial charge is 0.418 e. The maximum absolute atomic E-state index is 12.4. The summed E-state index contributed by atoms with van der Waals surface area (Å²) in [5.74, 6) is -2.69. The number of carbonyl (C=O) groups excluding carboxylic acids is 3. The number of esters is 2. The first-order valence-electron chi connectivity index (χ1n) is 8.15. The summed E-state index contributed by atoms with van der Waals surface area (Å²) in [5, 5.41) is 0.585. The third-order valence-corrected chi connectivity index (χ3v) is 3.56. The zero-order chi connectivity index (χ0) is 18.4. The molecule has 0 spiro atoms. The van der Waals surface area contributed by atoms with Crippen LogP contribution in [0, 0.1) is 0 Å². The Morgan fingerprint density at radius 2 is 1.48 bits per heavy atom. The van der Waals surface area contributed by atoms with Crippen molar-refractivity contribution in [2.24, 2.45) is 0 Å². The lowest BCUT2D eigenvalue weighted by molar-refractivity contribution is -0.156. The van der Waals surface area contributed by atoms with Crippen molar-refractivity contribution in [1.82, 2.24) is 4.57 Å². The molecular formula is C18H21NO6. The lowest BCUT2D eigenvalue weighted by Crippen LogP contribution is -2.26. The first kappa shape index (κ1) is 18.5. The summed E-state index contributed by atoms with van der Waals surface area (Å²) in [4.78, 5) is 36.9. The number of carbonyl (C=O) groups is 3. The molecule has 2 aromatic rings. The topological polar surface area (TPSA) is 83.8 Å². The van der Waals surface area contributed by atoms with Crippen LogP contribution >= 0.6 is 0 Å². The van der Waals surface area contributed by atoms with Crippen LogP contribution in [0.5, 0.6) is 0 Å². The summed E-state index contributed by atoms with van der Waals surface area (Å²) in [7, 11) is 0. The molecule has 0 aliphatic rings. The van der Waals surface area contributed by atoms with Gasteiger partial charge in [-0.3, -0.25) is 14.2 Å². The fourth-order valence-corrected chi connectivity index (χ4v) is 2.58. The van der Waals surface area contributed by atoms with Crippen LogP contribution in [-0.2, 0) is 23.8 Å². The number of hydrogen-bond donors (Lipinski definition) is 0. The van der Waals surface area contributed by atoms with Crippen LogP contribution in [-0.4, -0.2) is 42.4 Å². The molecule has 0 aliphatic heterocycles. The number of rotatable bonds is 6. The van der Waals surface area contributed by atoms with Gasteiger partial charge < -0.3 is 14.2 Å². The molecule has 0 unspecified atom stereocenters. The molecule has 134 valence electrons. The highest BCUT2D eigenvalue weighted by Crippen LogP contribution is 2.30. The molecule has 0 saturated carbocycles. The summed E-state index contributed by atoms with van der Waals surface area (Å²) >= 11 is 0. The monoisotopic (exact) mass is 347 g/mol. The van der Waals surface area contributed by atoms with Gasteiger partial charge >= 0.3 is 18.0 Å². The molecule has 0 atom stereocenters. The molecule has 0 saturated heterocycles. The normalized spacial score (nSPS) is 10.7. The molecule has 1 heterocycles. The second-order valence-electron chi connectivity index (χ2n) is 5.11. The summed E-state index contributed by atoms with van der Waals surface area (Å²) in [6.45, 7) is 5.48. The maximum Gasteiger partial charge on any atom is 0.418 e. The van der Waals surface area contributed by atoms with E-state index in [2.05, 4.69) is 0 Å². The Labute approximate surface area is 145 Å². The lowest BCUT2D eigenvalue weighted by atomic mass is 9.98. The number of para-hydroxylation sites is 1. The van der Waals surface area contributed by atoms with Crippen molar-refractivity contribution in [2.45, 2.75) is 26.7 Å². The van der Waals surface area contributed by atoms with Gasteiger partial charge in [0, 0.05) is 17.1 Å². The van der Waals surface area contributed by atoms with Crippen LogP contribution in [0.2, 0.25) is 0 Å². The Kier molecular flexibility index (Phi) is 6.16. The van der Waals surface area contributed by atoms with Gasteiger partial charge in [0.05, 0.1) is 25.3 Å². The molecule has 0 aliphatic carbocycles. The Balaban J connectivity index is 2.60. The fraction of sp³-hybridized carbons (Fsp3) is 0.389. The molecule has 7 heteroatoms. The minimum Gasteiger partial charge on any atom is -0.465 e. The predicted octanol–water partition coefficient (Wildman–Crippen LogP) is 2.86. The van der Waals surface area contributed by atoms with Gasteiger partial charge in [0.1, 0.15) is 0 Å². The summed E-state index contributed by atoms with van der Waals surface area (Å²) in [6, 6.07) is 6.95. The van der Waals surface area contributed by atoms with Crippen molar-refractivity contribution in [3.8, 4) is 0 Å². The number of benzene rings is 1. The average molecular weight is 347 g/mol. The second-order valence-corrected chi connectivity index (χ2v) is 5.11. The van der Waals surface area contributed by atoms with Crippen LogP contribution in [0.25, 0.3) is 10.9 Å². The molecule has 2 rings (SSSR count). The van der Waals surface area contributed by atoms with E-state index in [0.717, 1.165) is 0 Å². The summed E-state index contributed by atoms with van der Waals surface area (Å²) < 4.78 is 16.4. The SMILES string of the molecule is CCOC(=O)C(C(=O)OCC)c1cn(C(=O)OCC)c2ccccc12. The Bertz CT molecular complexity index is 761. The van der Waals surface area contributed by atoms with Crippen molar-refractivity contribution in [1.29, 1.82) is 0 Å². The first-order valence-corrected chi connectivity index (χ1v) is 8.15. The third kappa shape index (κ3) is 3.81. The van der Waals surface area contributed by atoms with E-state index in [9.17, 15) is 14.4 Å². The molecule has 0 radical (unpaired) electrons. The van der Waals surface area contributed by atoms with Crippen LogP contribution in [0.15, 0.2) is 30.5 Å². The second kappa shape index (κ2) is 8.32. The number of aromatic nitrogens is 1. The van der Waals surface area contributed by atoms with Gasteiger partial charge in [-0.1, -0.05) is 18.2 Å². The van der Waals surface area contributed by atoms with Crippen molar-refractivity contribution >= 4 is 28.9 Å². The van der Waals surface area contributed by atoms with Gasteiger partial charge in [-0.25, -0.2) is 4.79 Å². The molecule has 0 amide bonds. The zero-order valence-corrected chi connectivity index (χ0v) is 14.5. The minimum absolute atomic E-state index is 0.130. The van der Waals surface area contributed by atoms with Gasteiger partial charge in [-0.05, 0) is 26.8 Å². The van der Waals surface area contributed by atoms with E-state index in [1.165, 1.54) is 10.8 Å². The number of fused-ring (bicyclic) bond motifs is 1. The Morgan fingerprint density at radius 1 is 0.920 bits per heavy atom. The third-order valence-electron chi connectivity index (χ3n) is 3.56. The van der Waals surface area contributed by atoms with E-state index in [1.807, 2.05) is 0 Å². The van der Waals surface area contributed by atoms with Crippen LogP contribution in [0.4, 0.5) is 4.79 Å². The number of hydrogen-bond acceptors (Lipinski definition) is 6. The number of nitrogens with zero attached hydrogens (tertiary/aromatic N) is 1. The van der Waals surface area contributed by atoms with Gasteiger partial charge in [-0.2, -0.15) is 0 Å². The highest BCUT2D eigenvalue weighted by Gasteiger charge is 2.34. The zero-order valence-electron chi connectivity index (χ0n) is 14.5. The maximum atomic E-state index is 12.4. The molecule has 7 nitrogen and oxygen atoms in total. The highest BCUT2D eigenvalue weighted by atomic mass is 16.6. The largest absolute Gasteiger partial charge is 0.465 e. The Morgan fingerprint density at radius 3 is 2.04 bits per heavy atom.